The third-order valence-electron chi connectivity index (χ3n) is 3.69. The molecule has 0 amide bonds. The Kier molecular flexibility index (Phi) is 4.08. The molecule has 3 N–H and O–H groups in total. The van der Waals surface area contributed by atoms with E-state index in [2.05, 4.69) is 58.2 Å². The Hall–Kier alpha value is -2.73. The molecule has 3 rings (SSSR count). The third-order valence-corrected chi connectivity index (χ3v) is 3.78. The normalized spacial score (nSPS) is 11.2. The minimum atomic E-state index is 0.150. The van der Waals surface area contributed by atoms with Gasteiger partial charge in [-0.05, 0) is 56.4 Å². The average molecular weight is 323 g/mol. The molecule has 23 heavy (non-hydrogen) atoms. The number of aromatic nitrogens is 2. The SMILES string of the molecule is Cc1cc(/C=N\NC(N)=S)c(C)n1-c1ccc2ncccc2c1. The Morgan fingerprint density at radius 3 is 2.91 bits per heavy atom. The number of hydrogen-bond acceptors (Lipinski definition) is 3. The summed E-state index contributed by atoms with van der Waals surface area (Å²) in [6.07, 6.45) is 3.53. The first-order valence-electron chi connectivity index (χ1n) is 7.19. The number of fused-ring (bicyclic) bond motifs is 1. The number of nitrogens with zero attached hydrogens (tertiary/aromatic N) is 3. The van der Waals surface area contributed by atoms with Crippen molar-refractivity contribution in [3.63, 3.8) is 0 Å². The molecule has 0 saturated carbocycles. The molecule has 116 valence electrons. The van der Waals surface area contributed by atoms with Crippen LogP contribution < -0.4 is 11.2 Å². The number of aryl methyl sites for hydroxylation is 1. The summed E-state index contributed by atoms with van der Waals surface area (Å²) in [6, 6.07) is 12.3. The molecule has 6 heteroatoms. The highest BCUT2D eigenvalue weighted by atomic mass is 32.1. The van der Waals surface area contributed by atoms with Gasteiger partial charge in [-0.15, -0.1) is 0 Å². The highest BCUT2D eigenvalue weighted by Crippen LogP contribution is 2.22. The van der Waals surface area contributed by atoms with Crippen molar-refractivity contribution in [2.75, 3.05) is 0 Å². The number of nitrogens with one attached hydrogen (secondary N) is 1. The van der Waals surface area contributed by atoms with Gasteiger partial charge < -0.3 is 10.3 Å². The number of benzene rings is 1. The highest BCUT2D eigenvalue weighted by Gasteiger charge is 2.10. The first kappa shape index (κ1) is 15.2. The Bertz CT molecular complexity index is 910. The van der Waals surface area contributed by atoms with Gasteiger partial charge in [0.05, 0.1) is 11.7 Å². The van der Waals surface area contributed by atoms with Gasteiger partial charge in [0.2, 0.25) is 0 Å². The zero-order valence-corrected chi connectivity index (χ0v) is 13.8. The quantitative estimate of drug-likeness (QED) is 0.442. The van der Waals surface area contributed by atoms with Crippen LogP contribution in [0.4, 0.5) is 0 Å². The lowest BCUT2D eigenvalue weighted by molar-refractivity contribution is 0.965. The average Bonchev–Trinajstić information content (AvgIpc) is 2.81. The number of rotatable bonds is 3. The lowest BCUT2D eigenvalue weighted by Gasteiger charge is -2.10. The van der Waals surface area contributed by atoms with Crippen molar-refractivity contribution in [1.82, 2.24) is 15.0 Å². The molecule has 0 unspecified atom stereocenters. The van der Waals surface area contributed by atoms with Crippen LogP contribution in [-0.4, -0.2) is 20.9 Å². The van der Waals surface area contributed by atoms with Crippen molar-refractivity contribution < 1.29 is 0 Å². The smallest absolute Gasteiger partial charge is 0.184 e. The van der Waals surface area contributed by atoms with Gasteiger partial charge in [0.1, 0.15) is 0 Å². The molecule has 2 heterocycles. The predicted octanol–water partition coefficient (Wildman–Crippen LogP) is 2.81. The zero-order chi connectivity index (χ0) is 16.4. The lowest BCUT2D eigenvalue weighted by atomic mass is 10.2. The van der Waals surface area contributed by atoms with E-state index in [1.807, 2.05) is 12.1 Å². The Morgan fingerprint density at radius 2 is 2.13 bits per heavy atom. The molecule has 0 fully saturated rings. The van der Waals surface area contributed by atoms with Crippen molar-refractivity contribution in [3.8, 4) is 5.69 Å². The maximum Gasteiger partial charge on any atom is 0.184 e. The van der Waals surface area contributed by atoms with E-state index in [1.165, 1.54) is 0 Å². The van der Waals surface area contributed by atoms with Crippen molar-refractivity contribution >= 4 is 34.4 Å². The van der Waals surface area contributed by atoms with Crippen LogP contribution in [0.1, 0.15) is 17.0 Å². The topological polar surface area (TPSA) is 68.2 Å². The predicted molar refractivity (Wildman–Crippen MR) is 98.1 cm³/mol. The summed E-state index contributed by atoms with van der Waals surface area (Å²) < 4.78 is 2.19. The fourth-order valence-corrected chi connectivity index (χ4v) is 2.74. The van der Waals surface area contributed by atoms with Gasteiger partial charge in [0, 0.05) is 34.2 Å². The van der Waals surface area contributed by atoms with E-state index in [4.69, 9.17) is 18.0 Å². The number of pyridine rings is 1. The van der Waals surface area contributed by atoms with E-state index >= 15 is 0 Å². The number of hydrogen-bond donors (Lipinski definition) is 2. The monoisotopic (exact) mass is 323 g/mol. The fraction of sp³-hybridized carbons (Fsp3) is 0.118. The largest absolute Gasteiger partial charge is 0.375 e. The van der Waals surface area contributed by atoms with Crippen LogP contribution >= 0.6 is 12.2 Å². The molecule has 0 aliphatic carbocycles. The van der Waals surface area contributed by atoms with Crippen molar-refractivity contribution in [1.29, 1.82) is 0 Å². The van der Waals surface area contributed by atoms with Crippen molar-refractivity contribution in [2.24, 2.45) is 10.8 Å². The molecule has 3 aromatic rings. The molecule has 0 aliphatic rings. The van der Waals surface area contributed by atoms with Gasteiger partial charge in [-0.1, -0.05) is 6.07 Å². The van der Waals surface area contributed by atoms with Crippen LogP contribution in [0.15, 0.2) is 47.7 Å². The van der Waals surface area contributed by atoms with Gasteiger partial charge in [-0.2, -0.15) is 5.10 Å². The Morgan fingerprint density at radius 1 is 1.30 bits per heavy atom. The van der Waals surface area contributed by atoms with Gasteiger partial charge in [0.25, 0.3) is 0 Å². The van der Waals surface area contributed by atoms with Crippen LogP contribution in [0.25, 0.3) is 16.6 Å². The lowest BCUT2D eigenvalue weighted by Crippen LogP contribution is -2.24. The van der Waals surface area contributed by atoms with Crippen LogP contribution in [0, 0.1) is 13.8 Å². The molecular weight excluding hydrogens is 306 g/mol. The number of hydrazone groups is 1. The third kappa shape index (κ3) is 3.07. The van der Waals surface area contributed by atoms with Crippen molar-refractivity contribution in [2.45, 2.75) is 13.8 Å². The second-order valence-electron chi connectivity index (χ2n) is 5.28. The molecular formula is C17H17N5S. The molecule has 2 aromatic heterocycles. The van der Waals surface area contributed by atoms with Crippen LogP contribution in [0.2, 0.25) is 0 Å². The Balaban J connectivity index is 2.03. The van der Waals surface area contributed by atoms with E-state index in [-0.39, 0.29) is 5.11 Å². The molecule has 0 radical (unpaired) electrons. The van der Waals surface area contributed by atoms with Crippen LogP contribution in [0.3, 0.4) is 0 Å². The molecule has 0 aliphatic heterocycles. The van der Waals surface area contributed by atoms with Crippen LogP contribution in [-0.2, 0) is 0 Å². The summed E-state index contributed by atoms with van der Waals surface area (Å²) in [5, 5.41) is 5.30. The molecule has 0 spiro atoms. The standard InChI is InChI=1S/C17H17N5S/c1-11-8-14(10-20-21-17(18)23)12(2)22(11)15-5-6-16-13(9-15)4-3-7-19-16/h3-10H,1-2H3,(H3,18,21,23)/b20-10-. The molecule has 0 saturated heterocycles. The number of thiocarbonyl (C=S) groups is 1. The molecule has 5 nitrogen and oxygen atoms in total. The van der Waals surface area contributed by atoms with E-state index in [1.54, 1.807) is 12.4 Å². The first-order valence-corrected chi connectivity index (χ1v) is 7.59. The summed E-state index contributed by atoms with van der Waals surface area (Å²) >= 11 is 4.74. The van der Waals surface area contributed by atoms with E-state index < -0.39 is 0 Å². The number of nitrogens with two attached hydrogens (primary N) is 1. The second kappa shape index (κ2) is 6.18. The minimum Gasteiger partial charge on any atom is -0.375 e. The molecule has 1 aromatic carbocycles. The first-order chi connectivity index (χ1) is 11.1. The highest BCUT2D eigenvalue weighted by molar-refractivity contribution is 7.80. The summed E-state index contributed by atoms with van der Waals surface area (Å²) in [4.78, 5) is 4.36. The van der Waals surface area contributed by atoms with Gasteiger partial charge in [-0.25, -0.2) is 0 Å². The maximum atomic E-state index is 5.37. The second-order valence-corrected chi connectivity index (χ2v) is 5.72. The molecule has 0 atom stereocenters. The molecule has 0 bridgehead atoms. The maximum absolute atomic E-state index is 5.37. The van der Waals surface area contributed by atoms with E-state index in [0.717, 1.165) is 33.5 Å². The summed E-state index contributed by atoms with van der Waals surface area (Å²) in [5.41, 5.74) is 13.3. The van der Waals surface area contributed by atoms with Crippen LogP contribution in [0.5, 0.6) is 0 Å². The van der Waals surface area contributed by atoms with Crippen molar-refractivity contribution in [3.05, 3.63) is 59.5 Å². The van der Waals surface area contributed by atoms with Gasteiger partial charge >= 0.3 is 0 Å². The Labute approximate surface area is 139 Å². The van der Waals surface area contributed by atoms with E-state index in [0.29, 0.717) is 0 Å². The minimum absolute atomic E-state index is 0.150. The summed E-state index contributed by atoms with van der Waals surface area (Å²) in [5.74, 6) is 0. The summed E-state index contributed by atoms with van der Waals surface area (Å²) in [7, 11) is 0. The fourth-order valence-electron chi connectivity index (χ4n) is 2.68. The van der Waals surface area contributed by atoms with Gasteiger partial charge in [-0.3, -0.25) is 10.4 Å². The summed E-state index contributed by atoms with van der Waals surface area (Å²) in [6.45, 7) is 4.13. The zero-order valence-electron chi connectivity index (χ0n) is 12.9. The van der Waals surface area contributed by atoms with Gasteiger partial charge in [0.15, 0.2) is 5.11 Å². The van der Waals surface area contributed by atoms with E-state index in [9.17, 15) is 0 Å².